The summed E-state index contributed by atoms with van der Waals surface area (Å²) >= 11 is 0. The van der Waals surface area contributed by atoms with Crippen LogP contribution in [0.1, 0.15) is 43.5 Å². The summed E-state index contributed by atoms with van der Waals surface area (Å²) in [5, 5.41) is 8.55. The Morgan fingerprint density at radius 2 is 1.87 bits per heavy atom. The van der Waals surface area contributed by atoms with Gasteiger partial charge in [0.05, 0.1) is 11.0 Å². The van der Waals surface area contributed by atoms with E-state index >= 15 is 0 Å². The lowest BCUT2D eigenvalue weighted by atomic mass is 9.96. The summed E-state index contributed by atoms with van der Waals surface area (Å²) in [6.45, 7) is 2.03. The second-order valence-corrected chi connectivity index (χ2v) is 6.67. The van der Waals surface area contributed by atoms with E-state index in [0.717, 1.165) is 42.9 Å². The number of imidazole rings is 1. The summed E-state index contributed by atoms with van der Waals surface area (Å²) in [6, 6.07) is 8.87. The minimum atomic E-state index is 0.527. The Bertz CT molecular complexity index is 789. The van der Waals surface area contributed by atoms with Crippen LogP contribution < -0.4 is 4.90 Å². The van der Waals surface area contributed by atoms with E-state index in [1.54, 1.807) is 0 Å². The number of piperidine rings is 1. The number of nitrogens with zero attached hydrogens (tertiary/aromatic N) is 5. The van der Waals surface area contributed by atoms with Crippen LogP contribution in [0.2, 0.25) is 0 Å². The van der Waals surface area contributed by atoms with Gasteiger partial charge in [-0.3, -0.25) is 0 Å². The average molecular weight is 308 g/mol. The number of fused-ring (bicyclic) bond motifs is 1. The zero-order valence-electron chi connectivity index (χ0n) is 13.0. The minimum absolute atomic E-state index is 0.527. The predicted molar refractivity (Wildman–Crippen MR) is 88.6 cm³/mol. The largest absolute Gasteiger partial charge is 0.342 e. The van der Waals surface area contributed by atoms with Crippen LogP contribution >= 0.6 is 0 Å². The van der Waals surface area contributed by atoms with Gasteiger partial charge in [-0.05, 0) is 37.8 Å². The molecule has 0 atom stereocenters. The first kappa shape index (κ1) is 13.1. The van der Waals surface area contributed by atoms with Crippen LogP contribution in [-0.4, -0.2) is 37.8 Å². The highest BCUT2D eigenvalue weighted by Gasteiger charge is 2.31. The number of H-pyrrole nitrogens is 1. The van der Waals surface area contributed by atoms with Crippen molar-refractivity contribution in [1.82, 2.24) is 24.7 Å². The highest BCUT2D eigenvalue weighted by molar-refractivity contribution is 5.77. The van der Waals surface area contributed by atoms with Gasteiger partial charge in [-0.1, -0.05) is 12.1 Å². The summed E-state index contributed by atoms with van der Waals surface area (Å²) < 4.78 is 2.31. The van der Waals surface area contributed by atoms with Crippen molar-refractivity contribution in [2.75, 3.05) is 18.0 Å². The molecule has 2 aromatic heterocycles. The lowest BCUT2D eigenvalue weighted by Crippen LogP contribution is -2.34. The number of hydrogen-bond acceptors (Lipinski definition) is 4. The number of anilines is 1. The fraction of sp³-hybridized carbons (Fsp3) is 0.471. The third kappa shape index (κ3) is 2.29. The van der Waals surface area contributed by atoms with Gasteiger partial charge in [-0.15, -0.1) is 10.2 Å². The fourth-order valence-corrected chi connectivity index (χ4v) is 3.62. The zero-order valence-corrected chi connectivity index (χ0v) is 13.0. The smallest absolute Gasteiger partial charge is 0.203 e. The Morgan fingerprint density at radius 1 is 1.04 bits per heavy atom. The maximum absolute atomic E-state index is 4.72. The van der Waals surface area contributed by atoms with Crippen LogP contribution in [0.5, 0.6) is 0 Å². The Morgan fingerprint density at radius 3 is 2.65 bits per heavy atom. The lowest BCUT2D eigenvalue weighted by molar-refractivity contribution is 0.462. The van der Waals surface area contributed by atoms with Crippen molar-refractivity contribution in [2.24, 2.45) is 0 Å². The Labute approximate surface area is 134 Å². The van der Waals surface area contributed by atoms with E-state index in [2.05, 4.69) is 36.8 Å². The molecule has 1 saturated carbocycles. The van der Waals surface area contributed by atoms with Gasteiger partial charge >= 0.3 is 0 Å². The maximum atomic E-state index is 4.72. The van der Waals surface area contributed by atoms with E-state index < -0.39 is 0 Å². The van der Waals surface area contributed by atoms with Crippen LogP contribution in [-0.2, 0) is 0 Å². The molecule has 0 radical (unpaired) electrons. The van der Waals surface area contributed by atoms with Gasteiger partial charge < -0.3 is 14.5 Å². The van der Waals surface area contributed by atoms with Crippen LogP contribution in [0.4, 0.5) is 5.95 Å². The van der Waals surface area contributed by atoms with E-state index in [0.29, 0.717) is 12.0 Å². The van der Waals surface area contributed by atoms with Crippen molar-refractivity contribution in [3.8, 4) is 0 Å². The summed E-state index contributed by atoms with van der Waals surface area (Å²) in [5.74, 6) is 2.71. The average Bonchev–Trinajstić information content (AvgIpc) is 3.17. The summed E-state index contributed by atoms with van der Waals surface area (Å²) in [5.41, 5.74) is 2.15. The molecule has 1 aliphatic heterocycles. The predicted octanol–water partition coefficient (Wildman–Crippen LogP) is 2.87. The van der Waals surface area contributed by atoms with Gasteiger partial charge in [0, 0.05) is 25.0 Å². The quantitative estimate of drug-likeness (QED) is 0.808. The third-order valence-corrected chi connectivity index (χ3v) is 5.08. The Kier molecular flexibility index (Phi) is 2.89. The van der Waals surface area contributed by atoms with E-state index in [9.17, 15) is 0 Å². The molecule has 5 rings (SSSR count). The molecule has 118 valence electrons. The molecule has 1 N–H and O–H groups in total. The van der Waals surface area contributed by atoms with Gasteiger partial charge in [0.1, 0.15) is 12.2 Å². The first-order valence-electron chi connectivity index (χ1n) is 8.47. The monoisotopic (exact) mass is 308 g/mol. The molecule has 6 heteroatoms. The Hall–Kier alpha value is -2.37. The van der Waals surface area contributed by atoms with E-state index in [-0.39, 0.29) is 0 Å². The number of aromatic nitrogens is 5. The molecule has 3 aromatic rings. The van der Waals surface area contributed by atoms with Crippen molar-refractivity contribution < 1.29 is 0 Å². The molecule has 1 aromatic carbocycles. The van der Waals surface area contributed by atoms with Crippen LogP contribution in [0.15, 0.2) is 30.6 Å². The van der Waals surface area contributed by atoms with Crippen LogP contribution in [0, 0.1) is 0 Å². The Balaban J connectivity index is 1.33. The molecule has 23 heavy (non-hydrogen) atoms. The number of rotatable bonds is 3. The zero-order chi connectivity index (χ0) is 15.2. The molecule has 0 spiro atoms. The molecule has 2 fully saturated rings. The van der Waals surface area contributed by atoms with Gasteiger partial charge in [0.15, 0.2) is 0 Å². The van der Waals surface area contributed by atoms with Crippen LogP contribution in [0.3, 0.4) is 0 Å². The first-order chi connectivity index (χ1) is 11.4. The highest BCUT2D eigenvalue weighted by atomic mass is 15.3. The van der Waals surface area contributed by atoms with Crippen molar-refractivity contribution >= 4 is 17.0 Å². The molecule has 2 aliphatic rings. The van der Waals surface area contributed by atoms with E-state index in [4.69, 9.17) is 4.98 Å². The standard InChI is InChI=1S/C17H20N6/c1-2-4-15-14(3-1)19-17(20-15)22-9-7-12(8-10-22)16-21-18-11-23(16)13-5-6-13/h1-4,11-13H,5-10H2,(H,19,20). The maximum Gasteiger partial charge on any atom is 0.203 e. The summed E-state index contributed by atoms with van der Waals surface area (Å²) in [6.07, 6.45) is 6.70. The lowest BCUT2D eigenvalue weighted by Gasteiger charge is -2.31. The van der Waals surface area contributed by atoms with E-state index in [1.165, 1.54) is 18.7 Å². The van der Waals surface area contributed by atoms with Crippen molar-refractivity contribution in [3.63, 3.8) is 0 Å². The summed E-state index contributed by atoms with van der Waals surface area (Å²) in [4.78, 5) is 10.5. The number of hydrogen-bond donors (Lipinski definition) is 1. The number of nitrogens with one attached hydrogen (secondary N) is 1. The molecule has 0 amide bonds. The number of para-hydroxylation sites is 2. The molecule has 1 aliphatic carbocycles. The number of benzene rings is 1. The molecular formula is C17H20N6. The SMILES string of the molecule is c1ccc2[nH]c(N3CCC(c4nncn4C4CC4)CC3)nc2c1. The van der Waals surface area contributed by atoms with Crippen LogP contribution in [0.25, 0.3) is 11.0 Å². The molecular weight excluding hydrogens is 288 g/mol. The molecule has 3 heterocycles. The second kappa shape index (κ2) is 5.08. The normalized spacial score (nSPS) is 19.6. The molecule has 0 unspecified atom stereocenters. The van der Waals surface area contributed by atoms with Crippen molar-refractivity contribution in [1.29, 1.82) is 0 Å². The fourth-order valence-electron chi connectivity index (χ4n) is 3.62. The molecule has 6 nitrogen and oxygen atoms in total. The third-order valence-electron chi connectivity index (χ3n) is 5.08. The van der Waals surface area contributed by atoms with Gasteiger partial charge in [0.25, 0.3) is 0 Å². The van der Waals surface area contributed by atoms with E-state index in [1.807, 2.05) is 18.5 Å². The molecule has 0 bridgehead atoms. The molecule has 1 saturated heterocycles. The minimum Gasteiger partial charge on any atom is -0.342 e. The topological polar surface area (TPSA) is 62.6 Å². The highest BCUT2D eigenvalue weighted by Crippen LogP contribution is 2.38. The summed E-state index contributed by atoms with van der Waals surface area (Å²) in [7, 11) is 0. The van der Waals surface area contributed by atoms with Crippen molar-refractivity contribution in [3.05, 3.63) is 36.4 Å². The number of aromatic amines is 1. The second-order valence-electron chi connectivity index (χ2n) is 6.67. The van der Waals surface area contributed by atoms with Gasteiger partial charge in [-0.2, -0.15) is 0 Å². The van der Waals surface area contributed by atoms with Gasteiger partial charge in [-0.25, -0.2) is 4.98 Å². The van der Waals surface area contributed by atoms with Gasteiger partial charge in [0.2, 0.25) is 5.95 Å². The first-order valence-corrected chi connectivity index (χ1v) is 8.47. The van der Waals surface area contributed by atoms with Crippen molar-refractivity contribution in [2.45, 2.75) is 37.6 Å².